The average Bonchev–Trinajstić information content (AvgIpc) is 3.27. The van der Waals surface area contributed by atoms with Crippen molar-refractivity contribution >= 4 is 17.6 Å². The number of aliphatic imine (C=N–C) groups is 1. The molecule has 0 radical (unpaired) electrons. The molecule has 1 amide bonds. The molecule has 2 aromatic carbocycles. The van der Waals surface area contributed by atoms with Crippen molar-refractivity contribution in [1.29, 1.82) is 0 Å². The van der Waals surface area contributed by atoms with Crippen LogP contribution in [0.2, 0.25) is 0 Å². The van der Waals surface area contributed by atoms with E-state index in [4.69, 9.17) is 4.42 Å². The SMILES string of the molecule is CCNC(=NCc1cccc(NC(=O)c2ccco2)c1)NCc1ccc(F)cc1. The van der Waals surface area contributed by atoms with Gasteiger partial charge in [-0.25, -0.2) is 9.38 Å². The number of nitrogens with one attached hydrogen (secondary N) is 3. The van der Waals surface area contributed by atoms with Crippen molar-refractivity contribution in [2.75, 3.05) is 11.9 Å². The molecule has 0 fully saturated rings. The number of halogens is 1. The Morgan fingerprint density at radius 1 is 1.03 bits per heavy atom. The molecule has 0 spiro atoms. The molecule has 0 bridgehead atoms. The number of hydrogen-bond acceptors (Lipinski definition) is 3. The second-order valence-electron chi connectivity index (χ2n) is 6.31. The number of nitrogens with zero attached hydrogens (tertiary/aromatic N) is 1. The quantitative estimate of drug-likeness (QED) is 0.419. The third-order valence-electron chi connectivity index (χ3n) is 4.07. The first-order valence-corrected chi connectivity index (χ1v) is 9.34. The number of hydrogen-bond donors (Lipinski definition) is 3. The highest BCUT2D eigenvalue weighted by Crippen LogP contribution is 2.13. The lowest BCUT2D eigenvalue weighted by Gasteiger charge is -2.12. The Morgan fingerprint density at radius 2 is 1.86 bits per heavy atom. The minimum absolute atomic E-state index is 0.256. The van der Waals surface area contributed by atoms with E-state index >= 15 is 0 Å². The van der Waals surface area contributed by atoms with Gasteiger partial charge in [-0.3, -0.25) is 4.79 Å². The summed E-state index contributed by atoms with van der Waals surface area (Å²) in [5.41, 5.74) is 2.57. The molecule has 0 aliphatic carbocycles. The first kappa shape index (κ1) is 20.1. The number of anilines is 1. The van der Waals surface area contributed by atoms with Crippen LogP contribution in [0.25, 0.3) is 0 Å². The molecule has 1 heterocycles. The fourth-order valence-electron chi connectivity index (χ4n) is 2.65. The van der Waals surface area contributed by atoms with E-state index in [1.54, 1.807) is 24.3 Å². The molecule has 6 nitrogen and oxygen atoms in total. The minimum Gasteiger partial charge on any atom is -0.459 e. The topological polar surface area (TPSA) is 78.7 Å². The number of guanidine groups is 1. The van der Waals surface area contributed by atoms with E-state index in [1.165, 1.54) is 18.4 Å². The molecule has 0 atom stereocenters. The van der Waals surface area contributed by atoms with Gasteiger partial charge >= 0.3 is 0 Å². The van der Waals surface area contributed by atoms with Crippen LogP contribution >= 0.6 is 0 Å². The van der Waals surface area contributed by atoms with Crippen molar-refractivity contribution in [2.45, 2.75) is 20.0 Å². The summed E-state index contributed by atoms with van der Waals surface area (Å²) in [6.07, 6.45) is 1.46. The highest BCUT2D eigenvalue weighted by molar-refractivity contribution is 6.02. The summed E-state index contributed by atoms with van der Waals surface area (Å²) < 4.78 is 18.1. The van der Waals surface area contributed by atoms with Crippen LogP contribution in [0, 0.1) is 5.82 Å². The number of carbonyl (C=O) groups excluding carboxylic acids is 1. The first-order valence-electron chi connectivity index (χ1n) is 9.34. The summed E-state index contributed by atoms with van der Waals surface area (Å²) >= 11 is 0. The van der Waals surface area contributed by atoms with E-state index < -0.39 is 0 Å². The highest BCUT2D eigenvalue weighted by Gasteiger charge is 2.08. The molecule has 29 heavy (non-hydrogen) atoms. The van der Waals surface area contributed by atoms with Gasteiger partial charge in [0.05, 0.1) is 12.8 Å². The number of amides is 1. The largest absolute Gasteiger partial charge is 0.459 e. The summed E-state index contributed by atoms with van der Waals surface area (Å²) in [4.78, 5) is 16.7. The van der Waals surface area contributed by atoms with Crippen LogP contribution in [0.5, 0.6) is 0 Å². The van der Waals surface area contributed by atoms with Gasteiger partial charge < -0.3 is 20.4 Å². The Bertz CT molecular complexity index is 953. The maximum atomic E-state index is 13.0. The normalized spacial score (nSPS) is 11.2. The molecule has 0 unspecified atom stereocenters. The van der Waals surface area contributed by atoms with Gasteiger partial charge in [-0.1, -0.05) is 24.3 Å². The lowest BCUT2D eigenvalue weighted by atomic mass is 10.2. The smallest absolute Gasteiger partial charge is 0.291 e. The summed E-state index contributed by atoms with van der Waals surface area (Å²) in [7, 11) is 0. The van der Waals surface area contributed by atoms with E-state index in [2.05, 4.69) is 20.9 Å². The van der Waals surface area contributed by atoms with Gasteiger partial charge in [-0.15, -0.1) is 0 Å². The van der Waals surface area contributed by atoms with Gasteiger partial charge in [0.15, 0.2) is 11.7 Å². The fraction of sp³-hybridized carbons (Fsp3) is 0.182. The van der Waals surface area contributed by atoms with Crippen molar-refractivity contribution in [3.63, 3.8) is 0 Å². The Morgan fingerprint density at radius 3 is 2.59 bits per heavy atom. The Labute approximate surface area is 168 Å². The molecular weight excluding hydrogens is 371 g/mol. The molecule has 3 aromatic rings. The summed E-state index contributed by atoms with van der Waals surface area (Å²) in [5, 5.41) is 9.21. The van der Waals surface area contributed by atoms with Crippen LogP contribution in [0.3, 0.4) is 0 Å². The standard InChI is InChI=1S/C22H23FN4O2/c1-2-24-22(25-14-16-8-10-18(23)11-9-16)26-15-17-5-3-6-19(13-17)27-21(28)20-7-4-12-29-20/h3-13H,2,14-15H2,1H3,(H,27,28)(H2,24,25,26). The Hall–Kier alpha value is -3.61. The Kier molecular flexibility index (Phi) is 7.00. The Balaban J connectivity index is 1.61. The second-order valence-corrected chi connectivity index (χ2v) is 6.31. The molecule has 150 valence electrons. The van der Waals surface area contributed by atoms with Crippen molar-refractivity contribution < 1.29 is 13.6 Å². The molecule has 1 aromatic heterocycles. The van der Waals surface area contributed by atoms with Crippen LogP contribution in [-0.4, -0.2) is 18.4 Å². The van der Waals surface area contributed by atoms with E-state index in [0.29, 0.717) is 31.3 Å². The van der Waals surface area contributed by atoms with Gasteiger partial charge in [0.2, 0.25) is 0 Å². The summed E-state index contributed by atoms with van der Waals surface area (Å²) in [6.45, 7) is 3.67. The molecule has 3 rings (SSSR count). The lowest BCUT2D eigenvalue weighted by molar-refractivity contribution is 0.0996. The summed E-state index contributed by atoms with van der Waals surface area (Å²) in [6, 6.07) is 17.1. The summed E-state index contributed by atoms with van der Waals surface area (Å²) in [5.74, 6) is 0.355. The number of rotatable bonds is 7. The van der Waals surface area contributed by atoms with Gasteiger partial charge in [0.25, 0.3) is 5.91 Å². The van der Waals surface area contributed by atoms with E-state index in [-0.39, 0.29) is 17.5 Å². The second kappa shape index (κ2) is 10.1. The lowest BCUT2D eigenvalue weighted by Crippen LogP contribution is -2.36. The zero-order valence-electron chi connectivity index (χ0n) is 16.1. The average molecular weight is 394 g/mol. The maximum Gasteiger partial charge on any atom is 0.291 e. The fourth-order valence-corrected chi connectivity index (χ4v) is 2.65. The predicted molar refractivity (Wildman–Crippen MR) is 111 cm³/mol. The number of benzene rings is 2. The maximum absolute atomic E-state index is 13.0. The third-order valence-corrected chi connectivity index (χ3v) is 4.07. The number of carbonyl (C=O) groups is 1. The molecule has 0 aliphatic heterocycles. The zero-order chi connectivity index (χ0) is 20.5. The van der Waals surface area contributed by atoms with Crippen LogP contribution in [-0.2, 0) is 13.1 Å². The van der Waals surface area contributed by atoms with Crippen molar-refractivity contribution in [1.82, 2.24) is 10.6 Å². The van der Waals surface area contributed by atoms with Gasteiger partial charge in [-0.05, 0) is 54.4 Å². The van der Waals surface area contributed by atoms with E-state index in [1.807, 2.05) is 31.2 Å². The monoisotopic (exact) mass is 394 g/mol. The third kappa shape index (κ3) is 6.21. The predicted octanol–water partition coefficient (Wildman–Crippen LogP) is 3.93. The van der Waals surface area contributed by atoms with Gasteiger partial charge in [-0.2, -0.15) is 0 Å². The minimum atomic E-state index is -0.301. The van der Waals surface area contributed by atoms with Gasteiger partial charge in [0.1, 0.15) is 5.82 Å². The van der Waals surface area contributed by atoms with Gasteiger partial charge in [0, 0.05) is 18.8 Å². The van der Waals surface area contributed by atoms with Crippen molar-refractivity contribution in [2.24, 2.45) is 4.99 Å². The van der Waals surface area contributed by atoms with Crippen LogP contribution < -0.4 is 16.0 Å². The molecule has 0 saturated carbocycles. The molecule has 0 saturated heterocycles. The van der Waals surface area contributed by atoms with Crippen molar-refractivity contribution in [3.8, 4) is 0 Å². The highest BCUT2D eigenvalue weighted by atomic mass is 19.1. The molecule has 0 aliphatic rings. The molecular formula is C22H23FN4O2. The van der Waals surface area contributed by atoms with E-state index in [9.17, 15) is 9.18 Å². The zero-order valence-corrected chi connectivity index (χ0v) is 16.1. The molecule has 3 N–H and O–H groups in total. The van der Waals surface area contributed by atoms with E-state index in [0.717, 1.165) is 11.1 Å². The van der Waals surface area contributed by atoms with Crippen LogP contribution in [0.4, 0.5) is 10.1 Å². The van der Waals surface area contributed by atoms with Crippen LogP contribution in [0.15, 0.2) is 76.3 Å². The first-order chi connectivity index (χ1) is 14.1. The number of furan rings is 1. The van der Waals surface area contributed by atoms with Crippen molar-refractivity contribution in [3.05, 3.63) is 89.6 Å². The van der Waals surface area contributed by atoms with Crippen LogP contribution in [0.1, 0.15) is 28.6 Å². The molecule has 7 heteroatoms.